The van der Waals surface area contributed by atoms with Crippen molar-refractivity contribution in [2.45, 2.75) is 79.1 Å². The van der Waals surface area contributed by atoms with Gasteiger partial charge in [-0.3, -0.25) is 9.69 Å². The molecule has 0 aromatic carbocycles. The summed E-state index contributed by atoms with van der Waals surface area (Å²) in [6.45, 7) is 16.6. The molecule has 0 spiro atoms. The molecule has 1 amide bonds. The van der Waals surface area contributed by atoms with Crippen molar-refractivity contribution in [3.05, 3.63) is 0 Å². The lowest BCUT2D eigenvalue weighted by Gasteiger charge is -2.46. The van der Waals surface area contributed by atoms with Gasteiger partial charge in [0.05, 0.1) is 6.04 Å². The van der Waals surface area contributed by atoms with Crippen molar-refractivity contribution < 1.29 is 4.79 Å². The summed E-state index contributed by atoms with van der Waals surface area (Å²) in [5, 5.41) is 0. The molecule has 0 aromatic heterocycles. The standard InChI is InChI=1S/C16H33N3O/c1-11(2)19(12(3)4)15(20)13(5)18-9-8-14(17)16(6,7)10-18/h11-14H,8-10,17H2,1-7H3. The smallest absolute Gasteiger partial charge is 0.240 e. The largest absolute Gasteiger partial charge is 0.336 e. The van der Waals surface area contributed by atoms with E-state index in [1.807, 2.05) is 11.8 Å². The number of likely N-dealkylation sites (tertiary alicyclic amines) is 1. The van der Waals surface area contributed by atoms with E-state index in [0.29, 0.717) is 0 Å². The predicted octanol–water partition coefficient (Wildman–Crippen LogP) is 2.08. The van der Waals surface area contributed by atoms with Gasteiger partial charge in [-0.15, -0.1) is 0 Å². The van der Waals surface area contributed by atoms with E-state index >= 15 is 0 Å². The van der Waals surface area contributed by atoms with Crippen LogP contribution in [0.15, 0.2) is 0 Å². The summed E-state index contributed by atoms with van der Waals surface area (Å²) in [5.74, 6) is 0.237. The number of nitrogens with zero attached hydrogens (tertiary/aromatic N) is 2. The van der Waals surface area contributed by atoms with E-state index in [4.69, 9.17) is 5.73 Å². The molecule has 2 unspecified atom stereocenters. The number of rotatable bonds is 4. The van der Waals surface area contributed by atoms with E-state index in [9.17, 15) is 4.79 Å². The molecule has 0 aromatic rings. The maximum absolute atomic E-state index is 12.8. The third-order valence-corrected chi connectivity index (χ3v) is 4.61. The Kier molecular flexibility index (Phi) is 5.61. The molecule has 2 N–H and O–H groups in total. The summed E-state index contributed by atoms with van der Waals surface area (Å²) in [6, 6.07) is 0.647. The van der Waals surface area contributed by atoms with Crippen LogP contribution in [0.2, 0.25) is 0 Å². The van der Waals surface area contributed by atoms with Crippen molar-refractivity contribution in [2.24, 2.45) is 11.1 Å². The van der Waals surface area contributed by atoms with E-state index in [0.717, 1.165) is 19.5 Å². The first-order valence-corrected chi connectivity index (χ1v) is 7.89. The summed E-state index contributed by atoms with van der Waals surface area (Å²) < 4.78 is 0. The highest BCUT2D eigenvalue weighted by atomic mass is 16.2. The molecule has 1 rings (SSSR count). The van der Waals surface area contributed by atoms with E-state index < -0.39 is 0 Å². The number of hydrogen-bond donors (Lipinski definition) is 1. The number of piperidine rings is 1. The van der Waals surface area contributed by atoms with Gasteiger partial charge in [-0.2, -0.15) is 0 Å². The summed E-state index contributed by atoms with van der Waals surface area (Å²) >= 11 is 0. The third kappa shape index (κ3) is 3.73. The normalized spacial score (nSPS) is 25.0. The molecule has 2 atom stereocenters. The third-order valence-electron chi connectivity index (χ3n) is 4.61. The lowest BCUT2D eigenvalue weighted by atomic mass is 9.79. The molecule has 0 aliphatic carbocycles. The first kappa shape index (κ1) is 17.4. The van der Waals surface area contributed by atoms with Crippen molar-refractivity contribution in [1.29, 1.82) is 0 Å². The zero-order chi connectivity index (χ0) is 15.7. The fraction of sp³-hybridized carbons (Fsp3) is 0.938. The molecular formula is C16H33N3O. The number of hydrogen-bond acceptors (Lipinski definition) is 3. The molecule has 0 bridgehead atoms. The molecule has 1 aliphatic rings. The van der Waals surface area contributed by atoms with Crippen LogP contribution in [0.3, 0.4) is 0 Å². The maximum Gasteiger partial charge on any atom is 0.240 e. The molecule has 1 saturated heterocycles. The van der Waals surface area contributed by atoms with E-state index in [1.54, 1.807) is 0 Å². The molecule has 1 heterocycles. The van der Waals surface area contributed by atoms with Crippen LogP contribution in [0.4, 0.5) is 0 Å². The highest BCUT2D eigenvalue weighted by molar-refractivity contribution is 5.82. The lowest BCUT2D eigenvalue weighted by molar-refractivity contribution is -0.141. The van der Waals surface area contributed by atoms with Gasteiger partial charge >= 0.3 is 0 Å². The average molecular weight is 283 g/mol. The first-order valence-electron chi connectivity index (χ1n) is 7.89. The SMILES string of the molecule is CC(C(=O)N(C(C)C)C(C)C)N1CCC(N)C(C)(C)C1. The van der Waals surface area contributed by atoms with Crippen LogP contribution in [0.1, 0.15) is 54.9 Å². The van der Waals surface area contributed by atoms with E-state index in [2.05, 4.69) is 46.4 Å². The number of amides is 1. The minimum Gasteiger partial charge on any atom is -0.336 e. The second-order valence-electron chi connectivity index (χ2n) is 7.46. The zero-order valence-electron chi connectivity index (χ0n) is 14.3. The Labute approximate surface area is 124 Å². The van der Waals surface area contributed by atoms with Crippen molar-refractivity contribution in [1.82, 2.24) is 9.80 Å². The molecular weight excluding hydrogens is 250 g/mol. The van der Waals surface area contributed by atoms with Crippen LogP contribution in [-0.4, -0.2) is 53.0 Å². The molecule has 1 aliphatic heterocycles. The second kappa shape index (κ2) is 6.44. The molecule has 0 radical (unpaired) electrons. The van der Waals surface area contributed by atoms with Crippen LogP contribution in [-0.2, 0) is 4.79 Å². The van der Waals surface area contributed by atoms with Gasteiger partial charge < -0.3 is 10.6 Å². The Hall–Kier alpha value is -0.610. The Bertz CT molecular complexity index is 331. The lowest BCUT2D eigenvalue weighted by Crippen LogP contribution is -2.59. The van der Waals surface area contributed by atoms with Crippen LogP contribution in [0.5, 0.6) is 0 Å². The van der Waals surface area contributed by atoms with Gasteiger partial charge in [0.25, 0.3) is 0 Å². The highest BCUT2D eigenvalue weighted by Gasteiger charge is 2.38. The maximum atomic E-state index is 12.8. The Morgan fingerprint density at radius 2 is 1.70 bits per heavy atom. The molecule has 0 saturated carbocycles. The quantitative estimate of drug-likeness (QED) is 0.859. The first-order chi connectivity index (χ1) is 9.08. The van der Waals surface area contributed by atoms with Gasteiger partial charge in [0, 0.05) is 31.2 Å². The number of carbonyl (C=O) groups is 1. The zero-order valence-corrected chi connectivity index (χ0v) is 14.3. The second-order valence-corrected chi connectivity index (χ2v) is 7.46. The van der Waals surface area contributed by atoms with Crippen LogP contribution >= 0.6 is 0 Å². The highest BCUT2D eigenvalue weighted by Crippen LogP contribution is 2.29. The van der Waals surface area contributed by atoms with E-state index in [-0.39, 0.29) is 35.5 Å². The Balaban J connectivity index is 2.79. The average Bonchev–Trinajstić information content (AvgIpc) is 2.30. The molecule has 4 nitrogen and oxygen atoms in total. The topological polar surface area (TPSA) is 49.6 Å². The Morgan fingerprint density at radius 3 is 2.10 bits per heavy atom. The van der Waals surface area contributed by atoms with Crippen molar-refractivity contribution >= 4 is 5.91 Å². The predicted molar refractivity (Wildman–Crippen MR) is 84.5 cm³/mol. The van der Waals surface area contributed by atoms with Crippen molar-refractivity contribution in [3.63, 3.8) is 0 Å². The van der Waals surface area contributed by atoms with E-state index in [1.165, 1.54) is 0 Å². The van der Waals surface area contributed by atoms with Crippen LogP contribution in [0, 0.1) is 5.41 Å². The van der Waals surface area contributed by atoms with Crippen LogP contribution in [0.25, 0.3) is 0 Å². The monoisotopic (exact) mass is 283 g/mol. The fourth-order valence-electron chi connectivity index (χ4n) is 3.22. The summed E-state index contributed by atoms with van der Waals surface area (Å²) in [4.78, 5) is 17.1. The number of nitrogens with two attached hydrogens (primary N) is 1. The Morgan fingerprint density at radius 1 is 1.20 bits per heavy atom. The van der Waals surface area contributed by atoms with Gasteiger partial charge in [0.15, 0.2) is 0 Å². The number of carbonyl (C=O) groups excluding carboxylic acids is 1. The van der Waals surface area contributed by atoms with Crippen molar-refractivity contribution in [2.75, 3.05) is 13.1 Å². The van der Waals surface area contributed by atoms with Gasteiger partial charge in [-0.25, -0.2) is 0 Å². The summed E-state index contributed by atoms with van der Waals surface area (Å²) in [5.41, 5.74) is 6.26. The van der Waals surface area contributed by atoms with Crippen molar-refractivity contribution in [3.8, 4) is 0 Å². The fourth-order valence-corrected chi connectivity index (χ4v) is 3.22. The molecule has 20 heavy (non-hydrogen) atoms. The van der Waals surface area contributed by atoms with Crippen LogP contribution < -0.4 is 5.73 Å². The summed E-state index contributed by atoms with van der Waals surface area (Å²) in [7, 11) is 0. The van der Waals surface area contributed by atoms with Gasteiger partial charge in [-0.1, -0.05) is 13.8 Å². The van der Waals surface area contributed by atoms with Gasteiger partial charge in [-0.05, 0) is 46.5 Å². The minimum atomic E-state index is -0.0634. The summed E-state index contributed by atoms with van der Waals surface area (Å²) in [6.07, 6.45) is 0.966. The van der Waals surface area contributed by atoms with Gasteiger partial charge in [0.2, 0.25) is 5.91 Å². The molecule has 1 fully saturated rings. The molecule has 4 heteroatoms. The molecule has 118 valence electrons. The minimum absolute atomic E-state index is 0.0634. The van der Waals surface area contributed by atoms with Gasteiger partial charge in [0.1, 0.15) is 0 Å².